The maximum Gasteiger partial charge on any atom is 0.329 e. The fraction of sp³-hybridized carbons (Fsp3) is 0.211. The number of fused-ring (bicyclic) bond motifs is 2. The summed E-state index contributed by atoms with van der Waals surface area (Å²) in [5.41, 5.74) is -0.657. The van der Waals surface area contributed by atoms with Crippen LogP contribution in [0.15, 0.2) is 56.8 Å². The maximum absolute atomic E-state index is 12.2. The summed E-state index contributed by atoms with van der Waals surface area (Å²) in [5.74, 6) is 0.646. The molecule has 2 aromatic heterocycles. The van der Waals surface area contributed by atoms with Crippen molar-refractivity contribution in [3.63, 3.8) is 0 Å². The molecule has 0 saturated heterocycles. The molecule has 9 heteroatoms. The molecule has 0 saturated carbocycles. The van der Waals surface area contributed by atoms with Gasteiger partial charge in [0.15, 0.2) is 15.9 Å². The van der Waals surface area contributed by atoms with Crippen molar-refractivity contribution >= 4 is 37.9 Å². The predicted molar refractivity (Wildman–Crippen MR) is 109 cm³/mol. The molecule has 0 aliphatic carbocycles. The number of hydrogen-bond donors (Lipinski definition) is 2. The van der Waals surface area contributed by atoms with Crippen molar-refractivity contribution in [2.24, 2.45) is 7.05 Å². The van der Waals surface area contributed by atoms with Crippen LogP contribution in [-0.4, -0.2) is 36.9 Å². The van der Waals surface area contributed by atoms with Gasteiger partial charge in [0, 0.05) is 7.05 Å². The van der Waals surface area contributed by atoms with Gasteiger partial charge in [0.2, 0.25) is 0 Å². The summed E-state index contributed by atoms with van der Waals surface area (Å²) in [6, 6.07) is 13.6. The zero-order chi connectivity index (χ0) is 19.8. The highest BCUT2D eigenvalue weighted by Gasteiger charge is 2.18. The van der Waals surface area contributed by atoms with Gasteiger partial charge in [0.25, 0.3) is 5.56 Å². The summed E-state index contributed by atoms with van der Waals surface area (Å²) in [6.45, 7) is 0.111. The number of nitrogens with one attached hydrogen (secondary N) is 1. The van der Waals surface area contributed by atoms with E-state index >= 15 is 0 Å². The highest BCUT2D eigenvalue weighted by Crippen LogP contribution is 2.21. The zero-order valence-electron chi connectivity index (χ0n) is 14.9. The Morgan fingerprint density at radius 1 is 1.21 bits per heavy atom. The fourth-order valence-electron chi connectivity index (χ4n) is 3.09. The van der Waals surface area contributed by atoms with Crippen LogP contribution in [0.25, 0.3) is 21.9 Å². The number of nitrogens with zero attached hydrogens (tertiary/aromatic N) is 3. The average molecular weight is 445 g/mol. The van der Waals surface area contributed by atoms with E-state index in [9.17, 15) is 14.7 Å². The van der Waals surface area contributed by atoms with Gasteiger partial charge < -0.3 is 14.4 Å². The Bertz CT molecular complexity index is 1290. The molecule has 0 fully saturated rings. The largest absolute Gasteiger partial charge is 0.491 e. The van der Waals surface area contributed by atoms with Crippen LogP contribution in [0.3, 0.4) is 0 Å². The first-order chi connectivity index (χ1) is 13.4. The van der Waals surface area contributed by atoms with E-state index in [0.717, 1.165) is 10.8 Å². The Balaban J connectivity index is 1.54. The monoisotopic (exact) mass is 444 g/mol. The van der Waals surface area contributed by atoms with Gasteiger partial charge in [-0.2, -0.15) is 0 Å². The van der Waals surface area contributed by atoms with Crippen LogP contribution in [0.5, 0.6) is 5.75 Å². The summed E-state index contributed by atoms with van der Waals surface area (Å²) >= 11 is 3.29. The topological polar surface area (TPSA) is 102 Å². The van der Waals surface area contributed by atoms with Gasteiger partial charge in [0.1, 0.15) is 18.5 Å². The van der Waals surface area contributed by atoms with E-state index in [1.165, 1.54) is 16.2 Å². The average Bonchev–Trinajstić information content (AvgIpc) is 3.01. The molecule has 0 aliphatic heterocycles. The van der Waals surface area contributed by atoms with E-state index in [-0.39, 0.29) is 24.3 Å². The number of benzene rings is 2. The second kappa shape index (κ2) is 7.25. The number of hydrogen-bond acceptors (Lipinski definition) is 5. The van der Waals surface area contributed by atoms with Crippen molar-refractivity contribution in [1.29, 1.82) is 0 Å². The molecule has 2 N–H and O–H groups in total. The van der Waals surface area contributed by atoms with Gasteiger partial charge in [-0.15, -0.1) is 0 Å². The molecule has 2 heterocycles. The number of imidazole rings is 1. The van der Waals surface area contributed by atoms with Crippen molar-refractivity contribution in [3.05, 3.63) is 68.0 Å². The number of aliphatic hydroxyl groups excluding tert-OH is 1. The lowest BCUT2D eigenvalue weighted by Crippen LogP contribution is -2.30. The lowest BCUT2D eigenvalue weighted by atomic mass is 10.1. The molecule has 0 aliphatic rings. The van der Waals surface area contributed by atoms with E-state index in [1.807, 2.05) is 42.5 Å². The highest BCUT2D eigenvalue weighted by molar-refractivity contribution is 9.10. The van der Waals surface area contributed by atoms with Gasteiger partial charge in [-0.1, -0.05) is 30.3 Å². The minimum atomic E-state index is -0.892. The van der Waals surface area contributed by atoms with Crippen LogP contribution in [0, 0.1) is 0 Å². The Labute approximate surface area is 167 Å². The van der Waals surface area contributed by atoms with Gasteiger partial charge in [-0.3, -0.25) is 14.3 Å². The molecule has 0 amide bonds. The minimum absolute atomic E-state index is 0.0358. The van der Waals surface area contributed by atoms with Crippen LogP contribution in [-0.2, 0) is 13.6 Å². The minimum Gasteiger partial charge on any atom is -0.491 e. The summed E-state index contributed by atoms with van der Waals surface area (Å²) in [5, 5.41) is 12.6. The molecule has 144 valence electrons. The third-order valence-corrected chi connectivity index (χ3v) is 5.12. The van der Waals surface area contributed by atoms with Crippen molar-refractivity contribution in [2.75, 3.05) is 6.61 Å². The van der Waals surface area contributed by atoms with Gasteiger partial charge in [-0.05, 0) is 38.8 Å². The number of aromatic amines is 1. The number of aliphatic hydroxyl groups is 1. The third-order valence-electron chi connectivity index (χ3n) is 4.52. The molecule has 0 unspecified atom stereocenters. The van der Waals surface area contributed by atoms with Crippen molar-refractivity contribution in [3.8, 4) is 5.75 Å². The number of aryl methyl sites for hydroxylation is 1. The lowest BCUT2D eigenvalue weighted by molar-refractivity contribution is 0.0929. The summed E-state index contributed by atoms with van der Waals surface area (Å²) < 4.78 is 8.82. The van der Waals surface area contributed by atoms with Crippen LogP contribution in [0.1, 0.15) is 0 Å². The number of H-pyrrole nitrogens is 1. The molecule has 4 aromatic rings. The van der Waals surface area contributed by atoms with E-state index in [4.69, 9.17) is 4.74 Å². The van der Waals surface area contributed by atoms with E-state index in [0.29, 0.717) is 10.5 Å². The van der Waals surface area contributed by atoms with E-state index in [2.05, 4.69) is 25.9 Å². The Morgan fingerprint density at radius 2 is 1.96 bits per heavy atom. The van der Waals surface area contributed by atoms with Crippen LogP contribution in [0.2, 0.25) is 0 Å². The van der Waals surface area contributed by atoms with Gasteiger partial charge in [0.05, 0.1) is 6.54 Å². The SMILES string of the molecule is Cn1c(=O)[nH]c(=O)c2c1nc(Br)n2C[C@H](O)COc1ccc2ccccc2c1. The Hall–Kier alpha value is -2.91. The van der Waals surface area contributed by atoms with Crippen molar-refractivity contribution < 1.29 is 9.84 Å². The third kappa shape index (κ3) is 3.34. The Morgan fingerprint density at radius 3 is 2.75 bits per heavy atom. The van der Waals surface area contributed by atoms with Crippen LogP contribution in [0.4, 0.5) is 0 Å². The predicted octanol–water partition coefficient (Wildman–Crippen LogP) is 1.78. The Kier molecular flexibility index (Phi) is 4.78. The molecule has 4 rings (SSSR count). The lowest BCUT2D eigenvalue weighted by Gasteiger charge is -2.14. The maximum atomic E-state index is 12.2. The molecule has 28 heavy (non-hydrogen) atoms. The molecule has 2 aromatic carbocycles. The molecule has 8 nitrogen and oxygen atoms in total. The van der Waals surface area contributed by atoms with E-state index in [1.54, 1.807) is 0 Å². The van der Waals surface area contributed by atoms with Gasteiger partial charge in [-0.25, -0.2) is 9.78 Å². The second-order valence-corrected chi connectivity index (χ2v) is 7.17. The summed E-state index contributed by atoms with van der Waals surface area (Å²) in [4.78, 5) is 30.4. The van der Waals surface area contributed by atoms with Crippen molar-refractivity contribution in [2.45, 2.75) is 12.6 Å². The molecule has 0 spiro atoms. The summed E-state index contributed by atoms with van der Waals surface area (Å²) in [7, 11) is 1.52. The molecule has 0 radical (unpaired) electrons. The van der Waals surface area contributed by atoms with Crippen LogP contribution >= 0.6 is 15.9 Å². The number of aromatic nitrogens is 4. The smallest absolute Gasteiger partial charge is 0.329 e. The van der Waals surface area contributed by atoms with Crippen LogP contribution < -0.4 is 16.0 Å². The first-order valence-electron chi connectivity index (χ1n) is 8.59. The van der Waals surface area contributed by atoms with E-state index < -0.39 is 17.4 Å². The number of ether oxygens (including phenoxy) is 1. The zero-order valence-corrected chi connectivity index (χ0v) is 16.5. The van der Waals surface area contributed by atoms with Crippen molar-refractivity contribution in [1.82, 2.24) is 19.1 Å². The second-order valence-electron chi connectivity index (χ2n) is 6.46. The normalized spacial score (nSPS) is 12.5. The quantitative estimate of drug-likeness (QED) is 0.456. The highest BCUT2D eigenvalue weighted by atomic mass is 79.9. The molecular formula is C19H17BrN4O4. The number of rotatable bonds is 5. The fourth-order valence-corrected chi connectivity index (χ4v) is 3.58. The first-order valence-corrected chi connectivity index (χ1v) is 9.38. The summed E-state index contributed by atoms with van der Waals surface area (Å²) in [6.07, 6.45) is -0.892. The standard InChI is InChI=1S/C19H17BrN4O4/c1-23-16-15(17(26)22-19(23)27)24(18(20)21-16)9-13(25)10-28-14-7-6-11-4-2-3-5-12(11)8-14/h2-8,13,25H,9-10H2,1H3,(H,22,26,27)/t13-/m0/s1. The molecule has 0 bridgehead atoms. The first kappa shape index (κ1) is 18.5. The van der Waals surface area contributed by atoms with Gasteiger partial charge >= 0.3 is 5.69 Å². The number of halogens is 1. The molecular weight excluding hydrogens is 428 g/mol. The molecule has 1 atom stereocenters.